The second kappa shape index (κ2) is 9.54. The van der Waals surface area contributed by atoms with Gasteiger partial charge in [0.25, 0.3) is 0 Å². The molecule has 0 saturated carbocycles. The molecule has 4 heteroatoms. The highest BCUT2D eigenvalue weighted by molar-refractivity contribution is 6.10. The first kappa shape index (κ1) is 23.3. The first-order chi connectivity index (χ1) is 20.4. The largest absolute Gasteiger partial charge is 0.309 e. The monoisotopic (exact) mass is 526 g/mol. The predicted molar refractivity (Wildman–Crippen MR) is 170 cm³/mol. The predicted octanol–water partition coefficient (Wildman–Crippen LogP) is 9.22. The van der Waals surface area contributed by atoms with Crippen molar-refractivity contribution < 1.29 is 0 Å². The van der Waals surface area contributed by atoms with E-state index in [1.165, 1.54) is 55.0 Å². The van der Waals surface area contributed by atoms with Gasteiger partial charge in [0.05, 0.1) is 22.1 Å². The summed E-state index contributed by atoms with van der Waals surface area (Å²) in [5, 5.41) is 5.13. The highest BCUT2D eigenvalue weighted by Gasteiger charge is 2.14. The molecule has 0 unspecified atom stereocenters. The lowest BCUT2D eigenvalue weighted by Gasteiger charge is -2.12. The minimum Gasteiger partial charge on any atom is -0.309 e. The molecule has 0 spiro atoms. The number of imidazole rings is 1. The van der Waals surface area contributed by atoms with Crippen molar-refractivity contribution >= 4 is 49.3 Å². The molecule has 0 saturated heterocycles. The second-order valence-corrected chi connectivity index (χ2v) is 10.2. The third kappa shape index (κ3) is 3.80. The van der Waals surface area contributed by atoms with E-state index in [2.05, 4.69) is 135 Å². The number of rotatable bonds is 2. The van der Waals surface area contributed by atoms with Crippen LogP contribution in [0.1, 0.15) is 0 Å². The Kier molecular flexibility index (Phi) is 5.42. The van der Waals surface area contributed by atoms with Crippen LogP contribution < -0.4 is 0 Å². The average Bonchev–Trinajstić information content (AvgIpc) is 3.74. The van der Waals surface area contributed by atoms with E-state index >= 15 is 0 Å². The second-order valence-electron chi connectivity index (χ2n) is 10.2. The van der Waals surface area contributed by atoms with Gasteiger partial charge < -0.3 is 13.5 Å². The van der Waals surface area contributed by atoms with E-state index in [0.717, 1.165) is 5.65 Å². The number of nitrogens with zero attached hydrogens (tertiary/aromatic N) is 4. The molecule has 4 nitrogen and oxygen atoms in total. The van der Waals surface area contributed by atoms with E-state index in [4.69, 9.17) is 0 Å². The Bertz CT molecular complexity index is 2070. The van der Waals surface area contributed by atoms with Crippen LogP contribution >= 0.6 is 0 Å². The fraction of sp³-hybridized carbons (Fsp3) is 0. The van der Waals surface area contributed by atoms with E-state index < -0.39 is 0 Å². The molecule has 41 heavy (non-hydrogen) atoms. The summed E-state index contributed by atoms with van der Waals surface area (Å²) in [4.78, 5) is 4.08. The molecule has 9 rings (SSSR count). The molecule has 0 aliphatic rings. The van der Waals surface area contributed by atoms with Crippen molar-refractivity contribution in [3.05, 3.63) is 158 Å². The van der Waals surface area contributed by atoms with Gasteiger partial charge in [0.1, 0.15) is 5.65 Å². The fourth-order valence-electron chi connectivity index (χ4n) is 6.04. The Balaban J connectivity index is 0.000000242. The van der Waals surface area contributed by atoms with Crippen molar-refractivity contribution in [2.45, 2.75) is 0 Å². The van der Waals surface area contributed by atoms with Gasteiger partial charge in [0.2, 0.25) is 0 Å². The van der Waals surface area contributed by atoms with Gasteiger partial charge in [-0.1, -0.05) is 84.9 Å². The van der Waals surface area contributed by atoms with Crippen LogP contribution in [0.25, 0.3) is 60.6 Å². The Morgan fingerprint density at radius 1 is 0.390 bits per heavy atom. The van der Waals surface area contributed by atoms with Crippen molar-refractivity contribution in [3.8, 4) is 11.4 Å². The van der Waals surface area contributed by atoms with Gasteiger partial charge in [-0.15, -0.1) is 0 Å². The van der Waals surface area contributed by atoms with Gasteiger partial charge in [-0.25, -0.2) is 4.98 Å². The number of para-hydroxylation sites is 4. The lowest BCUT2D eigenvalue weighted by atomic mass is 10.2. The van der Waals surface area contributed by atoms with Crippen LogP contribution in [0.3, 0.4) is 0 Å². The number of benzene rings is 5. The molecular formula is C37H26N4. The zero-order valence-electron chi connectivity index (χ0n) is 22.3. The summed E-state index contributed by atoms with van der Waals surface area (Å²) in [6.45, 7) is 0. The van der Waals surface area contributed by atoms with Gasteiger partial charge in [-0.2, -0.15) is 0 Å². The van der Waals surface area contributed by atoms with Crippen LogP contribution in [0.2, 0.25) is 0 Å². The highest BCUT2D eigenvalue weighted by Crippen LogP contribution is 2.35. The Labute approximate surface area is 237 Å². The standard InChI is InChI=1S/C30H20N2.C7H6N2/c1-5-16-27-23(12-1)24-13-2-6-17-28(24)31(27)21-10-9-11-22(20-21)32-29-18-7-3-14-25(29)26-15-4-8-19-30(26)32;1-2-5-9-6-4-8-7(9)3-1/h1-20H;1-6H. The van der Waals surface area contributed by atoms with Crippen LogP contribution in [0.5, 0.6) is 0 Å². The summed E-state index contributed by atoms with van der Waals surface area (Å²) in [6.07, 6.45) is 5.69. The number of hydrogen-bond acceptors (Lipinski definition) is 1. The van der Waals surface area contributed by atoms with E-state index in [1.54, 1.807) is 6.20 Å². The Morgan fingerprint density at radius 2 is 0.829 bits per heavy atom. The number of fused-ring (bicyclic) bond motifs is 7. The maximum absolute atomic E-state index is 4.08. The molecule has 0 aliphatic heterocycles. The maximum Gasteiger partial charge on any atom is 0.136 e. The van der Waals surface area contributed by atoms with Crippen molar-refractivity contribution in [2.75, 3.05) is 0 Å². The third-order valence-electron chi connectivity index (χ3n) is 7.81. The van der Waals surface area contributed by atoms with Crippen LogP contribution in [-0.2, 0) is 0 Å². The molecule has 194 valence electrons. The normalized spacial score (nSPS) is 11.4. The summed E-state index contributed by atoms with van der Waals surface area (Å²) < 4.78 is 6.73. The van der Waals surface area contributed by atoms with Gasteiger partial charge in [-0.3, -0.25) is 0 Å². The molecule has 0 aliphatic carbocycles. The summed E-state index contributed by atoms with van der Waals surface area (Å²) in [6, 6.07) is 49.5. The molecule has 5 aromatic carbocycles. The first-order valence-corrected chi connectivity index (χ1v) is 13.8. The van der Waals surface area contributed by atoms with Crippen LogP contribution in [0, 0.1) is 0 Å². The minimum absolute atomic E-state index is 0.998. The zero-order valence-corrected chi connectivity index (χ0v) is 22.3. The van der Waals surface area contributed by atoms with Crippen molar-refractivity contribution in [3.63, 3.8) is 0 Å². The number of hydrogen-bond donors (Lipinski definition) is 0. The smallest absolute Gasteiger partial charge is 0.136 e. The number of aromatic nitrogens is 4. The molecule has 0 fully saturated rings. The lowest BCUT2D eigenvalue weighted by Crippen LogP contribution is -1.98. The molecule has 0 N–H and O–H groups in total. The lowest BCUT2D eigenvalue weighted by molar-refractivity contribution is 1.13. The van der Waals surface area contributed by atoms with Crippen LogP contribution in [0.15, 0.2) is 158 Å². The Morgan fingerprint density at radius 3 is 1.29 bits per heavy atom. The van der Waals surface area contributed by atoms with Gasteiger partial charge >= 0.3 is 0 Å². The number of pyridine rings is 1. The van der Waals surface area contributed by atoms with Gasteiger partial charge in [0, 0.05) is 51.5 Å². The SMILES string of the molecule is c1cc(-n2c3ccccc3c3ccccc32)cc(-n2c3ccccc3c3ccccc32)c1.c1ccn2ccnc2c1. The highest BCUT2D eigenvalue weighted by atomic mass is 15.0. The summed E-state index contributed by atoms with van der Waals surface area (Å²) in [7, 11) is 0. The van der Waals surface area contributed by atoms with Crippen LogP contribution in [0.4, 0.5) is 0 Å². The first-order valence-electron chi connectivity index (χ1n) is 13.8. The Hall–Kier alpha value is -5.61. The third-order valence-corrected chi connectivity index (χ3v) is 7.81. The maximum atomic E-state index is 4.08. The molecular weight excluding hydrogens is 500 g/mol. The van der Waals surface area contributed by atoms with E-state index in [-0.39, 0.29) is 0 Å². The summed E-state index contributed by atoms with van der Waals surface area (Å²) in [5.41, 5.74) is 8.25. The quantitative estimate of drug-likeness (QED) is 0.221. The molecule has 0 bridgehead atoms. The topological polar surface area (TPSA) is 27.2 Å². The average molecular weight is 527 g/mol. The summed E-state index contributed by atoms with van der Waals surface area (Å²) in [5.74, 6) is 0. The fourth-order valence-corrected chi connectivity index (χ4v) is 6.04. The van der Waals surface area contributed by atoms with E-state index in [9.17, 15) is 0 Å². The van der Waals surface area contributed by atoms with Crippen molar-refractivity contribution in [2.24, 2.45) is 0 Å². The minimum atomic E-state index is 0.998. The van der Waals surface area contributed by atoms with Gasteiger partial charge in [-0.05, 0) is 54.6 Å². The van der Waals surface area contributed by atoms with Crippen molar-refractivity contribution in [1.82, 2.24) is 18.5 Å². The molecule has 4 aromatic heterocycles. The van der Waals surface area contributed by atoms with E-state index in [1.807, 2.05) is 35.0 Å². The molecule has 0 amide bonds. The molecule has 0 atom stereocenters. The van der Waals surface area contributed by atoms with Crippen LogP contribution in [-0.4, -0.2) is 18.5 Å². The molecule has 9 aromatic rings. The van der Waals surface area contributed by atoms with Gasteiger partial charge in [0.15, 0.2) is 0 Å². The summed E-state index contributed by atoms with van der Waals surface area (Å²) >= 11 is 0. The molecule has 0 radical (unpaired) electrons. The molecule has 4 heterocycles. The van der Waals surface area contributed by atoms with Crippen molar-refractivity contribution in [1.29, 1.82) is 0 Å². The zero-order chi connectivity index (χ0) is 27.2. The van der Waals surface area contributed by atoms with E-state index in [0.29, 0.717) is 0 Å².